The molecule has 1 aromatic carbocycles. The smallest absolute Gasteiger partial charge is 0.322 e. The summed E-state index contributed by atoms with van der Waals surface area (Å²) in [4.78, 5) is 14.7. The second kappa shape index (κ2) is 9.01. The zero-order chi connectivity index (χ0) is 22.0. The van der Waals surface area contributed by atoms with E-state index in [1.807, 2.05) is 40.9 Å². The molecule has 1 aliphatic heterocycles. The number of ether oxygens (including phenoxy) is 1. The number of hydrogen-bond acceptors (Lipinski definition) is 6. The molecule has 0 bridgehead atoms. The first-order chi connectivity index (χ1) is 15.0. The summed E-state index contributed by atoms with van der Waals surface area (Å²) in [5.41, 5.74) is 3.71. The molecule has 164 valence electrons. The molecule has 0 unspecified atom stereocenters. The molecular formula is C21H27N7O2S. The number of methoxy groups -OCH3 is 1. The first kappa shape index (κ1) is 21.2. The number of hydrogen-bond donors (Lipinski definition) is 1. The largest absolute Gasteiger partial charge is 0.497 e. The molecule has 10 heteroatoms. The number of amides is 2. The van der Waals surface area contributed by atoms with Gasteiger partial charge in [0.2, 0.25) is 0 Å². The van der Waals surface area contributed by atoms with Crippen LogP contribution in [0.25, 0.3) is 11.5 Å². The van der Waals surface area contributed by atoms with E-state index >= 15 is 0 Å². The van der Waals surface area contributed by atoms with Gasteiger partial charge in [0.25, 0.3) is 0 Å². The van der Waals surface area contributed by atoms with Gasteiger partial charge in [-0.15, -0.1) is 10.2 Å². The highest BCUT2D eigenvalue weighted by atomic mass is 32.2. The first-order valence-electron chi connectivity index (χ1n) is 10.4. The van der Waals surface area contributed by atoms with Gasteiger partial charge in [-0.3, -0.25) is 4.68 Å². The minimum Gasteiger partial charge on any atom is -0.497 e. The van der Waals surface area contributed by atoms with Crippen LogP contribution in [0, 0.1) is 0 Å². The molecule has 2 aromatic heterocycles. The van der Waals surface area contributed by atoms with Crippen molar-refractivity contribution in [3.8, 4) is 17.3 Å². The Morgan fingerprint density at radius 1 is 1.23 bits per heavy atom. The fourth-order valence-corrected chi connectivity index (χ4v) is 4.54. The number of nitrogens with one attached hydrogen (secondary N) is 1. The molecule has 0 aliphatic carbocycles. The molecule has 0 fully saturated rings. The second-order valence-corrected chi connectivity index (χ2v) is 8.44. The van der Waals surface area contributed by atoms with E-state index in [-0.39, 0.29) is 6.03 Å². The number of carbonyl (C=O) groups is 1. The van der Waals surface area contributed by atoms with Crippen molar-refractivity contribution < 1.29 is 9.53 Å². The molecule has 9 nitrogen and oxygen atoms in total. The third kappa shape index (κ3) is 4.12. The SMILES string of the molecule is CCSc1nnc(-c2nn(C)c3c2CN(C(=O)Nc2ccc(OC)cc2)CC3)n1CC. The zero-order valence-electron chi connectivity index (χ0n) is 18.3. The lowest BCUT2D eigenvalue weighted by atomic mass is 10.0. The monoisotopic (exact) mass is 441 g/mol. The Balaban J connectivity index is 1.58. The molecule has 0 radical (unpaired) electrons. The standard InChI is InChI=1S/C21H27N7O2S/c1-5-28-19(23-24-21(28)31-6-2)18-16-13-27(12-11-17(16)26(3)25-18)20(29)22-14-7-9-15(30-4)10-8-14/h7-10H,5-6,11-13H2,1-4H3,(H,22,29). The number of aryl methyl sites for hydroxylation is 1. The third-order valence-electron chi connectivity index (χ3n) is 5.39. The van der Waals surface area contributed by atoms with Crippen LogP contribution in [0.5, 0.6) is 5.75 Å². The highest BCUT2D eigenvalue weighted by Crippen LogP contribution is 2.31. The van der Waals surface area contributed by atoms with E-state index in [0.29, 0.717) is 13.1 Å². The summed E-state index contributed by atoms with van der Waals surface area (Å²) in [6.07, 6.45) is 0.742. The van der Waals surface area contributed by atoms with E-state index in [9.17, 15) is 4.79 Å². The van der Waals surface area contributed by atoms with Gasteiger partial charge in [0, 0.05) is 43.5 Å². The van der Waals surface area contributed by atoms with Crippen molar-refractivity contribution in [2.24, 2.45) is 7.05 Å². The number of carbonyl (C=O) groups excluding carboxylic acids is 1. The molecule has 0 saturated carbocycles. The topological polar surface area (TPSA) is 90.1 Å². The van der Waals surface area contributed by atoms with Gasteiger partial charge >= 0.3 is 6.03 Å². The lowest BCUT2D eigenvalue weighted by Crippen LogP contribution is -2.39. The zero-order valence-corrected chi connectivity index (χ0v) is 19.1. The molecule has 3 heterocycles. The molecule has 0 saturated heterocycles. The molecule has 4 rings (SSSR count). The predicted molar refractivity (Wildman–Crippen MR) is 120 cm³/mol. The van der Waals surface area contributed by atoms with Crippen LogP contribution >= 0.6 is 11.8 Å². The van der Waals surface area contributed by atoms with Gasteiger partial charge in [0.15, 0.2) is 11.0 Å². The van der Waals surface area contributed by atoms with Gasteiger partial charge < -0.3 is 19.5 Å². The number of nitrogens with zero attached hydrogens (tertiary/aromatic N) is 6. The van der Waals surface area contributed by atoms with Crippen molar-refractivity contribution in [3.05, 3.63) is 35.5 Å². The Kier molecular flexibility index (Phi) is 6.17. The lowest BCUT2D eigenvalue weighted by Gasteiger charge is -2.27. The molecular weight excluding hydrogens is 414 g/mol. The van der Waals surface area contributed by atoms with Crippen molar-refractivity contribution in [1.82, 2.24) is 29.4 Å². The Hall–Kier alpha value is -3.01. The Labute approximate surface area is 185 Å². The maximum Gasteiger partial charge on any atom is 0.322 e. The molecule has 0 atom stereocenters. The fraction of sp³-hybridized carbons (Fsp3) is 0.429. The third-order valence-corrected chi connectivity index (χ3v) is 6.24. The average molecular weight is 442 g/mol. The molecule has 1 N–H and O–H groups in total. The van der Waals surface area contributed by atoms with Crippen LogP contribution in [0.3, 0.4) is 0 Å². The van der Waals surface area contributed by atoms with E-state index in [0.717, 1.165) is 58.1 Å². The number of fused-ring (bicyclic) bond motifs is 1. The van der Waals surface area contributed by atoms with Crippen LogP contribution in [0.4, 0.5) is 10.5 Å². The Morgan fingerprint density at radius 2 is 2.00 bits per heavy atom. The molecule has 2 amide bonds. The van der Waals surface area contributed by atoms with E-state index in [2.05, 4.69) is 33.9 Å². The molecule has 1 aliphatic rings. The van der Waals surface area contributed by atoms with E-state index in [1.54, 1.807) is 18.9 Å². The number of anilines is 1. The normalized spacial score (nSPS) is 13.2. The van der Waals surface area contributed by atoms with Crippen LogP contribution < -0.4 is 10.1 Å². The minimum absolute atomic E-state index is 0.134. The number of thioether (sulfide) groups is 1. The highest BCUT2D eigenvalue weighted by Gasteiger charge is 2.29. The number of benzene rings is 1. The maximum absolute atomic E-state index is 12.9. The van der Waals surface area contributed by atoms with Crippen molar-refractivity contribution in [3.63, 3.8) is 0 Å². The van der Waals surface area contributed by atoms with Crippen molar-refractivity contribution in [1.29, 1.82) is 0 Å². The Morgan fingerprint density at radius 3 is 2.68 bits per heavy atom. The van der Waals surface area contributed by atoms with Gasteiger partial charge in [-0.25, -0.2) is 4.79 Å². The van der Waals surface area contributed by atoms with E-state index < -0.39 is 0 Å². The lowest BCUT2D eigenvalue weighted by molar-refractivity contribution is 0.206. The van der Waals surface area contributed by atoms with E-state index in [1.165, 1.54) is 0 Å². The summed E-state index contributed by atoms with van der Waals surface area (Å²) in [5, 5.41) is 17.4. The fourth-order valence-electron chi connectivity index (χ4n) is 3.81. The predicted octanol–water partition coefficient (Wildman–Crippen LogP) is 3.41. The molecule has 0 spiro atoms. The molecule has 31 heavy (non-hydrogen) atoms. The van der Waals surface area contributed by atoms with E-state index in [4.69, 9.17) is 9.84 Å². The van der Waals surface area contributed by atoms with Crippen LogP contribution in [0.15, 0.2) is 29.4 Å². The summed E-state index contributed by atoms with van der Waals surface area (Å²) >= 11 is 1.67. The highest BCUT2D eigenvalue weighted by molar-refractivity contribution is 7.99. The summed E-state index contributed by atoms with van der Waals surface area (Å²) < 4.78 is 9.17. The summed E-state index contributed by atoms with van der Waals surface area (Å²) in [6, 6.07) is 7.18. The average Bonchev–Trinajstić information content (AvgIpc) is 3.34. The molecule has 3 aromatic rings. The van der Waals surface area contributed by atoms with Gasteiger partial charge in [-0.1, -0.05) is 18.7 Å². The second-order valence-electron chi connectivity index (χ2n) is 7.21. The van der Waals surface area contributed by atoms with Gasteiger partial charge in [0.1, 0.15) is 11.4 Å². The van der Waals surface area contributed by atoms with Gasteiger partial charge in [-0.2, -0.15) is 5.10 Å². The van der Waals surface area contributed by atoms with Gasteiger partial charge in [-0.05, 0) is 36.9 Å². The quantitative estimate of drug-likeness (QED) is 0.590. The Bertz CT molecular complexity index is 1070. The summed E-state index contributed by atoms with van der Waals surface area (Å²) in [5.74, 6) is 2.44. The maximum atomic E-state index is 12.9. The summed E-state index contributed by atoms with van der Waals surface area (Å²) in [6.45, 7) is 6.05. The summed E-state index contributed by atoms with van der Waals surface area (Å²) in [7, 11) is 3.57. The first-order valence-corrected chi connectivity index (χ1v) is 11.3. The minimum atomic E-state index is -0.134. The number of urea groups is 1. The van der Waals surface area contributed by atoms with Crippen LogP contribution in [-0.2, 0) is 26.6 Å². The number of aromatic nitrogens is 5. The van der Waals surface area contributed by atoms with Gasteiger partial charge in [0.05, 0.1) is 13.7 Å². The van der Waals surface area contributed by atoms with Crippen molar-refractivity contribution >= 4 is 23.5 Å². The number of rotatable bonds is 6. The van der Waals surface area contributed by atoms with Crippen LogP contribution in [0.2, 0.25) is 0 Å². The van der Waals surface area contributed by atoms with Crippen molar-refractivity contribution in [2.45, 2.75) is 38.5 Å². The van der Waals surface area contributed by atoms with Crippen LogP contribution in [0.1, 0.15) is 25.1 Å². The van der Waals surface area contributed by atoms with Crippen LogP contribution in [-0.4, -0.2) is 54.9 Å². The van der Waals surface area contributed by atoms with Crippen molar-refractivity contribution in [2.75, 3.05) is 24.7 Å².